The van der Waals surface area contributed by atoms with E-state index >= 15 is 0 Å². The van der Waals surface area contributed by atoms with Crippen LogP contribution in [0.1, 0.15) is 39.2 Å². The van der Waals surface area contributed by atoms with Crippen molar-refractivity contribution in [3.63, 3.8) is 0 Å². The Balaban J connectivity index is 1.53. The Morgan fingerprint density at radius 1 is 1.26 bits per heavy atom. The number of fused-ring (bicyclic) bond motifs is 1. The Morgan fingerprint density at radius 2 is 1.96 bits per heavy atom. The zero-order valence-electron chi connectivity index (χ0n) is 16.0. The number of amides is 2. The molecule has 0 saturated carbocycles. The molecular formula is C20H26N2O5. The second kappa shape index (κ2) is 7.58. The van der Waals surface area contributed by atoms with Crippen LogP contribution in [0.3, 0.4) is 0 Å². The highest BCUT2D eigenvalue weighted by Crippen LogP contribution is 2.29. The first-order chi connectivity index (χ1) is 12.7. The van der Waals surface area contributed by atoms with Crippen LogP contribution < -0.4 is 10.1 Å². The Bertz CT molecular complexity index is 745. The van der Waals surface area contributed by atoms with Crippen LogP contribution in [0.25, 0.3) is 0 Å². The summed E-state index contributed by atoms with van der Waals surface area (Å²) in [6.45, 7) is 6.59. The Labute approximate surface area is 159 Å². The van der Waals surface area contributed by atoms with Crippen LogP contribution in [0.4, 0.5) is 10.5 Å². The van der Waals surface area contributed by atoms with Crippen molar-refractivity contribution in [3.8, 4) is 5.75 Å². The van der Waals surface area contributed by atoms with E-state index in [4.69, 9.17) is 9.47 Å². The summed E-state index contributed by atoms with van der Waals surface area (Å²) < 4.78 is 10.7. The Hall–Kier alpha value is -2.57. The quantitative estimate of drug-likeness (QED) is 0.879. The maximum atomic E-state index is 12.7. The monoisotopic (exact) mass is 374 g/mol. The predicted octanol–water partition coefficient (Wildman–Crippen LogP) is 2.78. The number of nitrogens with one attached hydrogen (secondary N) is 1. The number of rotatable bonds is 3. The topological polar surface area (TPSA) is 84.9 Å². The molecular weight excluding hydrogens is 348 g/mol. The molecule has 1 fully saturated rings. The first-order valence-electron chi connectivity index (χ1n) is 9.27. The minimum absolute atomic E-state index is 0.0154. The lowest BCUT2D eigenvalue weighted by molar-refractivity contribution is -0.123. The number of ketones is 1. The maximum Gasteiger partial charge on any atom is 0.410 e. The molecule has 0 bridgehead atoms. The van der Waals surface area contributed by atoms with Crippen molar-refractivity contribution in [3.05, 3.63) is 23.8 Å². The molecule has 0 unspecified atom stereocenters. The number of Topliss-reactive ketones (excluding diaryl/α,β-unsaturated/α-hetero) is 1. The summed E-state index contributed by atoms with van der Waals surface area (Å²) in [5.41, 5.74) is 0.936. The molecule has 1 aromatic rings. The molecule has 146 valence electrons. The highest BCUT2D eigenvalue weighted by atomic mass is 16.6. The zero-order valence-corrected chi connectivity index (χ0v) is 16.0. The first kappa shape index (κ1) is 19.2. The summed E-state index contributed by atoms with van der Waals surface area (Å²) in [4.78, 5) is 37.9. The number of carbonyl (C=O) groups excluding carboxylic acids is 3. The van der Waals surface area contributed by atoms with Gasteiger partial charge in [-0.1, -0.05) is 6.07 Å². The third-order valence-electron chi connectivity index (χ3n) is 4.66. The minimum atomic E-state index is -0.519. The minimum Gasteiger partial charge on any atom is -0.482 e. The number of hydrogen-bond donors (Lipinski definition) is 1. The number of piperidine rings is 1. The van der Waals surface area contributed by atoms with Crippen LogP contribution in [-0.4, -0.2) is 48.0 Å². The van der Waals surface area contributed by atoms with E-state index < -0.39 is 5.60 Å². The van der Waals surface area contributed by atoms with Crippen molar-refractivity contribution >= 4 is 23.5 Å². The number of carbonyl (C=O) groups is 3. The van der Waals surface area contributed by atoms with E-state index in [1.54, 1.807) is 17.0 Å². The number of ether oxygens (including phenoxy) is 2. The summed E-state index contributed by atoms with van der Waals surface area (Å²) in [7, 11) is 0. The number of hydrogen-bond acceptors (Lipinski definition) is 5. The lowest BCUT2D eigenvalue weighted by atomic mass is 9.89. The van der Waals surface area contributed by atoms with Gasteiger partial charge in [0.1, 0.15) is 17.1 Å². The molecule has 2 heterocycles. The fourth-order valence-corrected chi connectivity index (χ4v) is 3.30. The SMILES string of the molecule is CC(C)(C)OC(=O)N1CCC(C(=O)Cc2ccc3c(c2)NC(=O)CO3)CC1. The first-order valence-corrected chi connectivity index (χ1v) is 9.27. The average molecular weight is 374 g/mol. The highest BCUT2D eigenvalue weighted by Gasteiger charge is 2.30. The zero-order chi connectivity index (χ0) is 19.6. The fraction of sp³-hybridized carbons (Fsp3) is 0.550. The van der Waals surface area contributed by atoms with Gasteiger partial charge in [0.25, 0.3) is 5.91 Å². The van der Waals surface area contributed by atoms with Crippen LogP contribution in [0, 0.1) is 5.92 Å². The highest BCUT2D eigenvalue weighted by molar-refractivity contribution is 5.95. The Morgan fingerprint density at radius 3 is 2.63 bits per heavy atom. The Kier molecular flexibility index (Phi) is 5.39. The van der Waals surface area contributed by atoms with Crippen molar-refractivity contribution < 1.29 is 23.9 Å². The molecule has 1 aromatic carbocycles. The fourth-order valence-electron chi connectivity index (χ4n) is 3.30. The van der Waals surface area contributed by atoms with E-state index in [0.717, 1.165) is 5.56 Å². The van der Waals surface area contributed by atoms with Gasteiger partial charge in [0.05, 0.1) is 5.69 Å². The van der Waals surface area contributed by atoms with Gasteiger partial charge in [0.15, 0.2) is 6.61 Å². The average Bonchev–Trinajstić information content (AvgIpc) is 2.60. The molecule has 1 N–H and O–H groups in total. The van der Waals surface area contributed by atoms with Crippen LogP contribution in [0.2, 0.25) is 0 Å². The summed E-state index contributed by atoms with van der Waals surface area (Å²) in [6, 6.07) is 5.42. The number of benzene rings is 1. The summed E-state index contributed by atoms with van der Waals surface area (Å²) in [6.07, 6.45) is 1.27. The molecule has 3 rings (SSSR count). The van der Waals surface area contributed by atoms with Gasteiger partial charge in [0.2, 0.25) is 0 Å². The van der Waals surface area contributed by atoms with E-state index in [-0.39, 0.29) is 30.3 Å². The van der Waals surface area contributed by atoms with Gasteiger partial charge in [-0.3, -0.25) is 9.59 Å². The molecule has 0 spiro atoms. The van der Waals surface area contributed by atoms with Gasteiger partial charge in [-0.2, -0.15) is 0 Å². The molecule has 0 radical (unpaired) electrons. The number of anilines is 1. The lowest BCUT2D eigenvalue weighted by Crippen LogP contribution is -2.43. The third kappa shape index (κ3) is 4.99. The number of likely N-dealkylation sites (tertiary alicyclic amines) is 1. The standard InChI is InChI=1S/C20H26N2O5/c1-20(2,3)27-19(25)22-8-6-14(7-9-22)16(23)11-13-4-5-17-15(10-13)21-18(24)12-26-17/h4-5,10,14H,6-9,11-12H2,1-3H3,(H,21,24). The van der Waals surface area contributed by atoms with Crippen molar-refractivity contribution in [1.29, 1.82) is 0 Å². The van der Waals surface area contributed by atoms with Gasteiger partial charge in [-0.25, -0.2) is 4.79 Å². The van der Waals surface area contributed by atoms with Crippen LogP contribution in [-0.2, 0) is 20.7 Å². The number of nitrogens with zero attached hydrogens (tertiary/aromatic N) is 1. The van der Waals surface area contributed by atoms with E-state index in [0.29, 0.717) is 43.8 Å². The molecule has 2 aliphatic rings. The smallest absolute Gasteiger partial charge is 0.410 e. The molecule has 7 heteroatoms. The third-order valence-corrected chi connectivity index (χ3v) is 4.66. The van der Waals surface area contributed by atoms with Crippen molar-refractivity contribution in [2.75, 3.05) is 25.0 Å². The summed E-state index contributed by atoms with van der Waals surface area (Å²) in [5.74, 6) is 0.518. The molecule has 1 saturated heterocycles. The molecule has 0 atom stereocenters. The van der Waals surface area contributed by atoms with Crippen LogP contribution >= 0.6 is 0 Å². The molecule has 7 nitrogen and oxygen atoms in total. The van der Waals surface area contributed by atoms with Crippen LogP contribution in [0.5, 0.6) is 5.75 Å². The molecule has 27 heavy (non-hydrogen) atoms. The second-order valence-corrected chi connectivity index (χ2v) is 8.05. The van der Waals surface area contributed by atoms with Crippen molar-refractivity contribution in [1.82, 2.24) is 4.90 Å². The van der Waals surface area contributed by atoms with E-state index in [9.17, 15) is 14.4 Å². The molecule has 0 aliphatic carbocycles. The van der Waals surface area contributed by atoms with Gasteiger partial charge >= 0.3 is 6.09 Å². The van der Waals surface area contributed by atoms with Gasteiger partial charge in [-0.15, -0.1) is 0 Å². The summed E-state index contributed by atoms with van der Waals surface area (Å²) >= 11 is 0. The van der Waals surface area contributed by atoms with Gasteiger partial charge < -0.3 is 19.7 Å². The van der Waals surface area contributed by atoms with E-state index in [2.05, 4.69) is 5.32 Å². The lowest BCUT2D eigenvalue weighted by Gasteiger charge is -2.33. The molecule has 2 amide bonds. The van der Waals surface area contributed by atoms with Crippen molar-refractivity contribution in [2.24, 2.45) is 5.92 Å². The van der Waals surface area contributed by atoms with E-state index in [1.807, 2.05) is 26.8 Å². The maximum absolute atomic E-state index is 12.7. The van der Waals surface area contributed by atoms with Gasteiger partial charge in [0, 0.05) is 25.4 Å². The largest absolute Gasteiger partial charge is 0.482 e. The van der Waals surface area contributed by atoms with E-state index in [1.165, 1.54) is 0 Å². The predicted molar refractivity (Wildman–Crippen MR) is 99.8 cm³/mol. The normalized spacial score (nSPS) is 17.6. The molecule has 2 aliphatic heterocycles. The molecule has 0 aromatic heterocycles. The van der Waals surface area contributed by atoms with Gasteiger partial charge in [-0.05, 0) is 51.3 Å². The van der Waals surface area contributed by atoms with Crippen molar-refractivity contribution in [2.45, 2.75) is 45.6 Å². The summed E-state index contributed by atoms with van der Waals surface area (Å²) in [5, 5.41) is 2.76. The second-order valence-electron chi connectivity index (χ2n) is 8.05. The van der Waals surface area contributed by atoms with Crippen LogP contribution in [0.15, 0.2) is 18.2 Å².